The van der Waals surface area contributed by atoms with Crippen LogP contribution >= 0.6 is 15.9 Å². The number of fused-ring (bicyclic) bond motifs is 1. The molecule has 0 saturated heterocycles. The molecule has 0 bridgehead atoms. The second-order valence-electron chi connectivity index (χ2n) is 5.11. The lowest BCUT2D eigenvalue weighted by Gasteiger charge is -2.17. The van der Waals surface area contributed by atoms with Gasteiger partial charge < -0.3 is 5.32 Å². The summed E-state index contributed by atoms with van der Waals surface area (Å²) in [5, 5.41) is 3.17. The zero-order valence-corrected chi connectivity index (χ0v) is 11.2. The minimum Gasteiger partial charge on any atom is -0.348 e. The number of carbonyl (C=O) groups excluding carboxylic acids is 1. The highest BCUT2D eigenvalue weighted by Crippen LogP contribution is 2.37. The molecule has 1 N–H and O–H groups in total. The molecule has 1 aromatic carbocycles. The average molecular weight is 294 g/mol. The van der Waals surface area contributed by atoms with E-state index in [1.165, 1.54) is 24.0 Å². The normalized spacial score (nSPS) is 26.6. The molecular formula is C14H16BrNO. The third-order valence-electron chi connectivity index (χ3n) is 3.65. The Bertz CT molecular complexity index is 442. The van der Waals surface area contributed by atoms with Crippen molar-refractivity contribution in [3.8, 4) is 0 Å². The molecular weight excluding hydrogens is 278 g/mol. The molecule has 90 valence electrons. The maximum Gasteiger partial charge on any atom is 0.220 e. The Kier molecular flexibility index (Phi) is 2.95. The molecule has 0 heterocycles. The Hall–Kier alpha value is -0.830. The summed E-state index contributed by atoms with van der Waals surface area (Å²) in [6.45, 7) is 0. The minimum absolute atomic E-state index is 0.150. The third-order valence-corrected chi connectivity index (χ3v) is 4.51. The number of halogens is 1. The van der Waals surface area contributed by atoms with Crippen LogP contribution in [0.3, 0.4) is 0 Å². The van der Waals surface area contributed by atoms with Crippen molar-refractivity contribution in [3.63, 3.8) is 0 Å². The van der Waals surface area contributed by atoms with Gasteiger partial charge in [-0.2, -0.15) is 0 Å². The highest BCUT2D eigenvalue weighted by atomic mass is 79.9. The predicted octanol–water partition coefficient (Wildman–Crippen LogP) is 2.96. The van der Waals surface area contributed by atoms with Crippen LogP contribution in [0.5, 0.6) is 0 Å². The zero-order chi connectivity index (χ0) is 11.8. The lowest BCUT2D eigenvalue weighted by molar-refractivity contribution is -0.122. The summed E-state index contributed by atoms with van der Waals surface area (Å²) in [5.41, 5.74) is 2.63. The van der Waals surface area contributed by atoms with E-state index in [4.69, 9.17) is 0 Å². The van der Waals surface area contributed by atoms with Gasteiger partial charge in [0.05, 0.1) is 6.04 Å². The largest absolute Gasteiger partial charge is 0.348 e. The van der Waals surface area contributed by atoms with Crippen molar-refractivity contribution in [2.24, 2.45) is 5.92 Å². The van der Waals surface area contributed by atoms with Crippen molar-refractivity contribution in [2.45, 2.75) is 36.6 Å². The third kappa shape index (κ3) is 2.39. The molecule has 1 fully saturated rings. The van der Waals surface area contributed by atoms with E-state index in [0.29, 0.717) is 17.2 Å². The molecule has 0 aromatic heterocycles. The maximum atomic E-state index is 11.9. The summed E-state index contributed by atoms with van der Waals surface area (Å²) in [4.78, 5) is 12.2. The standard InChI is InChI=1S/C14H16BrNO/c15-12-8-10-3-1-2-4-11(10)14(12)16-13(17)7-9-5-6-9/h1-4,9,12,14H,5-8H2,(H,16,17). The molecule has 0 spiro atoms. The Labute approximate surface area is 110 Å². The summed E-state index contributed by atoms with van der Waals surface area (Å²) in [6.07, 6.45) is 4.17. The Morgan fingerprint density at radius 2 is 2.12 bits per heavy atom. The Morgan fingerprint density at radius 3 is 2.88 bits per heavy atom. The van der Waals surface area contributed by atoms with Gasteiger partial charge in [-0.1, -0.05) is 40.2 Å². The SMILES string of the molecule is O=C(CC1CC1)NC1c2ccccc2CC1Br. The van der Waals surface area contributed by atoms with E-state index in [9.17, 15) is 4.79 Å². The molecule has 1 saturated carbocycles. The van der Waals surface area contributed by atoms with E-state index in [2.05, 4.69) is 39.4 Å². The lowest BCUT2D eigenvalue weighted by Crippen LogP contribution is -2.31. The van der Waals surface area contributed by atoms with E-state index in [1.807, 2.05) is 6.07 Å². The summed E-state index contributed by atoms with van der Waals surface area (Å²) in [6, 6.07) is 8.53. The number of benzene rings is 1. The van der Waals surface area contributed by atoms with Crippen LogP contribution < -0.4 is 5.32 Å². The predicted molar refractivity (Wildman–Crippen MR) is 71.1 cm³/mol. The van der Waals surface area contributed by atoms with Gasteiger partial charge in [0.1, 0.15) is 0 Å². The van der Waals surface area contributed by atoms with Crippen LogP contribution in [0.2, 0.25) is 0 Å². The van der Waals surface area contributed by atoms with E-state index >= 15 is 0 Å². The molecule has 2 nitrogen and oxygen atoms in total. The molecule has 3 rings (SSSR count). The van der Waals surface area contributed by atoms with Gasteiger partial charge >= 0.3 is 0 Å². The van der Waals surface area contributed by atoms with Gasteiger partial charge in [-0.3, -0.25) is 4.79 Å². The van der Waals surface area contributed by atoms with Gasteiger partial charge in [0.15, 0.2) is 0 Å². The van der Waals surface area contributed by atoms with Crippen LogP contribution in [0, 0.1) is 5.92 Å². The Balaban J connectivity index is 1.71. The number of rotatable bonds is 3. The second-order valence-corrected chi connectivity index (χ2v) is 6.29. The fourth-order valence-electron chi connectivity index (χ4n) is 2.53. The fourth-order valence-corrected chi connectivity index (χ4v) is 3.30. The quantitative estimate of drug-likeness (QED) is 0.853. The van der Waals surface area contributed by atoms with E-state index < -0.39 is 0 Å². The monoisotopic (exact) mass is 293 g/mol. The van der Waals surface area contributed by atoms with Gasteiger partial charge in [0.2, 0.25) is 5.91 Å². The average Bonchev–Trinajstić information content (AvgIpc) is 3.05. The molecule has 0 aliphatic heterocycles. The van der Waals surface area contributed by atoms with Crippen molar-refractivity contribution in [3.05, 3.63) is 35.4 Å². The second kappa shape index (κ2) is 4.45. The number of hydrogen-bond acceptors (Lipinski definition) is 1. The van der Waals surface area contributed by atoms with Crippen molar-refractivity contribution >= 4 is 21.8 Å². The number of alkyl halides is 1. The topological polar surface area (TPSA) is 29.1 Å². The summed E-state index contributed by atoms with van der Waals surface area (Å²) in [5.74, 6) is 0.860. The first-order valence-electron chi connectivity index (χ1n) is 6.25. The molecule has 17 heavy (non-hydrogen) atoms. The van der Waals surface area contributed by atoms with E-state index in [1.54, 1.807) is 0 Å². The van der Waals surface area contributed by atoms with Gasteiger partial charge in [0.25, 0.3) is 0 Å². The summed E-state index contributed by atoms with van der Waals surface area (Å²) < 4.78 is 0. The maximum absolute atomic E-state index is 11.9. The minimum atomic E-state index is 0.150. The van der Waals surface area contributed by atoms with Gasteiger partial charge in [0, 0.05) is 11.2 Å². The van der Waals surface area contributed by atoms with Crippen LogP contribution in [0.1, 0.15) is 36.4 Å². The molecule has 2 aliphatic rings. The van der Waals surface area contributed by atoms with Crippen molar-refractivity contribution < 1.29 is 4.79 Å². The molecule has 3 heteroatoms. The van der Waals surface area contributed by atoms with Crippen molar-refractivity contribution in [1.82, 2.24) is 5.32 Å². The fraction of sp³-hybridized carbons (Fsp3) is 0.500. The van der Waals surface area contributed by atoms with Crippen LogP contribution in [0.15, 0.2) is 24.3 Å². The van der Waals surface area contributed by atoms with Crippen LogP contribution in [-0.2, 0) is 11.2 Å². The number of hydrogen-bond donors (Lipinski definition) is 1. The highest BCUT2D eigenvalue weighted by molar-refractivity contribution is 9.09. The molecule has 1 amide bonds. The van der Waals surface area contributed by atoms with Crippen LogP contribution in [-0.4, -0.2) is 10.7 Å². The van der Waals surface area contributed by atoms with Crippen LogP contribution in [0.4, 0.5) is 0 Å². The number of carbonyl (C=O) groups is 1. The molecule has 2 atom stereocenters. The number of amides is 1. The van der Waals surface area contributed by atoms with Gasteiger partial charge in [-0.05, 0) is 36.3 Å². The molecule has 1 aromatic rings. The smallest absolute Gasteiger partial charge is 0.220 e. The first-order valence-corrected chi connectivity index (χ1v) is 7.17. The first kappa shape index (κ1) is 11.3. The first-order chi connectivity index (χ1) is 8.24. The van der Waals surface area contributed by atoms with Gasteiger partial charge in [-0.25, -0.2) is 0 Å². The van der Waals surface area contributed by atoms with E-state index in [-0.39, 0.29) is 11.9 Å². The molecule has 0 radical (unpaired) electrons. The van der Waals surface area contributed by atoms with Crippen LogP contribution in [0.25, 0.3) is 0 Å². The van der Waals surface area contributed by atoms with Crippen molar-refractivity contribution in [2.75, 3.05) is 0 Å². The summed E-state index contributed by atoms with van der Waals surface area (Å²) in [7, 11) is 0. The number of nitrogens with one attached hydrogen (secondary N) is 1. The summed E-state index contributed by atoms with van der Waals surface area (Å²) >= 11 is 3.68. The van der Waals surface area contributed by atoms with E-state index in [0.717, 1.165) is 6.42 Å². The molecule has 2 aliphatic carbocycles. The molecule has 2 unspecified atom stereocenters. The highest BCUT2D eigenvalue weighted by Gasteiger charge is 2.32. The lowest BCUT2D eigenvalue weighted by atomic mass is 10.1. The zero-order valence-electron chi connectivity index (χ0n) is 9.66. The Morgan fingerprint density at radius 1 is 1.35 bits per heavy atom. The van der Waals surface area contributed by atoms with Gasteiger partial charge in [-0.15, -0.1) is 0 Å². The van der Waals surface area contributed by atoms with Crippen molar-refractivity contribution in [1.29, 1.82) is 0 Å².